The minimum Gasteiger partial charge on any atom is -0.366 e. The molecule has 2 aromatic carbocycles. The van der Waals surface area contributed by atoms with Gasteiger partial charge in [-0.2, -0.15) is 13.2 Å². The zero-order valence-electron chi connectivity index (χ0n) is 17.2. The highest BCUT2D eigenvalue weighted by molar-refractivity contribution is 6.31. The number of hydrogen-bond donors (Lipinski definition) is 2. The Morgan fingerprint density at radius 1 is 1.18 bits per heavy atom. The number of primary amides is 1. The predicted molar refractivity (Wildman–Crippen MR) is 110 cm³/mol. The highest BCUT2D eigenvalue weighted by Gasteiger charge is 2.56. The molecule has 0 bridgehead atoms. The van der Waals surface area contributed by atoms with Crippen LogP contribution in [0.15, 0.2) is 36.4 Å². The Morgan fingerprint density at radius 3 is 2.50 bits per heavy atom. The summed E-state index contributed by atoms with van der Waals surface area (Å²) >= 11 is 5.92. The third-order valence-corrected chi connectivity index (χ3v) is 6.35. The second-order valence-electron chi connectivity index (χ2n) is 7.95. The molecular formula is C22H16ClF4N3O4. The number of hydrogen-bond acceptors (Lipinski definition) is 4. The molecule has 0 saturated carbocycles. The van der Waals surface area contributed by atoms with Crippen LogP contribution in [0.3, 0.4) is 0 Å². The summed E-state index contributed by atoms with van der Waals surface area (Å²) in [6.07, 6.45) is -5.48. The molecule has 7 nitrogen and oxygen atoms in total. The lowest BCUT2D eigenvalue weighted by Gasteiger charge is -2.39. The Morgan fingerprint density at radius 2 is 1.88 bits per heavy atom. The number of nitrogens with one attached hydrogen (secondary N) is 1. The number of amides is 4. The van der Waals surface area contributed by atoms with Gasteiger partial charge in [-0.05, 0) is 41.8 Å². The molecule has 2 aliphatic rings. The van der Waals surface area contributed by atoms with Gasteiger partial charge in [0.25, 0.3) is 5.91 Å². The highest BCUT2D eigenvalue weighted by atomic mass is 35.5. The van der Waals surface area contributed by atoms with Crippen LogP contribution >= 0.6 is 11.6 Å². The lowest BCUT2D eigenvalue weighted by Crippen LogP contribution is -2.54. The zero-order chi connectivity index (χ0) is 24.9. The van der Waals surface area contributed by atoms with E-state index in [1.807, 2.05) is 5.32 Å². The largest absolute Gasteiger partial charge is 0.398 e. The van der Waals surface area contributed by atoms with E-state index >= 15 is 0 Å². The van der Waals surface area contributed by atoms with Gasteiger partial charge in [-0.3, -0.25) is 24.5 Å². The van der Waals surface area contributed by atoms with Gasteiger partial charge in [-0.25, -0.2) is 4.39 Å². The molecule has 12 heteroatoms. The maximum atomic E-state index is 14.6. The molecule has 0 spiro atoms. The van der Waals surface area contributed by atoms with E-state index in [9.17, 15) is 36.7 Å². The van der Waals surface area contributed by atoms with Gasteiger partial charge in [0, 0.05) is 17.5 Å². The van der Waals surface area contributed by atoms with E-state index in [0.717, 1.165) is 35.2 Å². The molecule has 1 saturated heterocycles. The number of nitrogens with zero attached hydrogens (tertiary/aromatic N) is 1. The fourth-order valence-electron chi connectivity index (χ4n) is 4.48. The smallest absolute Gasteiger partial charge is 0.366 e. The maximum Gasteiger partial charge on any atom is 0.398 e. The summed E-state index contributed by atoms with van der Waals surface area (Å²) in [7, 11) is 0. The van der Waals surface area contributed by atoms with Crippen molar-refractivity contribution < 1.29 is 36.7 Å². The maximum absolute atomic E-state index is 14.6. The van der Waals surface area contributed by atoms with Crippen LogP contribution < -0.4 is 11.1 Å². The van der Waals surface area contributed by atoms with Crippen molar-refractivity contribution in [1.29, 1.82) is 0 Å². The van der Waals surface area contributed by atoms with Crippen molar-refractivity contribution in [3.63, 3.8) is 0 Å². The zero-order valence-corrected chi connectivity index (χ0v) is 17.9. The topological polar surface area (TPSA) is 110 Å². The summed E-state index contributed by atoms with van der Waals surface area (Å²) in [5, 5.41) is 1.24. The van der Waals surface area contributed by atoms with Gasteiger partial charge in [0.15, 0.2) is 0 Å². The number of benzene rings is 2. The van der Waals surface area contributed by atoms with Gasteiger partial charge < -0.3 is 10.6 Å². The molecule has 4 amide bonds. The first-order chi connectivity index (χ1) is 15.9. The van der Waals surface area contributed by atoms with Crippen LogP contribution in [0.1, 0.15) is 56.6 Å². The Kier molecular flexibility index (Phi) is 5.84. The highest BCUT2D eigenvalue weighted by Crippen LogP contribution is 2.53. The fourth-order valence-corrected chi connectivity index (χ4v) is 4.72. The molecule has 2 heterocycles. The SMILES string of the molecule is NC(=O)c1ccc2c(c1)C([C@@H](c1cccc(F)c1Cl)C(F)(F)F)N(C1CCC(=O)NC1=O)C2=O. The molecule has 3 N–H and O–H groups in total. The van der Waals surface area contributed by atoms with E-state index in [4.69, 9.17) is 17.3 Å². The molecule has 2 aromatic rings. The van der Waals surface area contributed by atoms with Gasteiger partial charge in [0.05, 0.1) is 11.1 Å². The third kappa shape index (κ3) is 3.89. The Balaban J connectivity index is 1.97. The first-order valence-electron chi connectivity index (χ1n) is 10.0. The molecule has 0 aromatic heterocycles. The fraction of sp³-hybridized carbons (Fsp3) is 0.273. The Labute approximate surface area is 194 Å². The van der Waals surface area contributed by atoms with Gasteiger partial charge in [-0.1, -0.05) is 23.7 Å². The minimum atomic E-state index is -5.06. The standard InChI is InChI=1S/C22H16ClF4N3O4/c23-17-11(2-1-3-13(17)24)16(22(25,26)27)18-12-8-9(19(28)32)4-5-10(12)21(34)30(18)14-6-7-15(31)29-20(14)33/h1-5,8,14,16,18H,6-7H2,(H2,28,32)(H,29,31,33)/t14?,16-,18?/m1/s1. The van der Waals surface area contributed by atoms with Crippen LogP contribution in [-0.4, -0.2) is 40.7 Å². The Hall–Kier alpha value is -3.47. The van der Waals surface area contributed by atoms with Crippen LogP contribution in [0.25, 0.3) is 0 Å². The molecule has 178 valence electrons. The lowest BCUT2D eigenvalue weighted by molar-refractivity contribution is -0.167. The van der Waals surface area contributed by atoms with Crippen molar-refractivity contribution in [2.75, 3.05) is 0 Å². The van der Waals surface area contributed by atoms with Crippen molar-refractivity contribution in [2.45, 2.75) is 37.0 Å². The van der Waals surface area contributed by atoms with E-state index in [1.54, 1.807) is 0 Å². The third-order valence-electron chi connectivity index (χ3n) is 5.95. The minimum absolute atomic E-state index is 0.159. The molecule has 3 atom stereocenters. The second kappa shape index (κ2) is 8.39. The van der Waals surface area contributed by atoms with Crippen molar-refractivity contribution in [2.24, 2.45) is 5.73 Å². The van der Waals surface area contributed by atoms with Gasteiger partial charge in [0.2, 0.25) is 17.7 Å². The van der Waals surface area contributed by atoms with Crippen LogP contribution in [-0.2, 0) is 9.59 Å². The normalized spacial score (nSPS) is 21.3. The summed E-state index contributed by atoms with van der Waals surface area (Å²) in [6, 6.07) is 2.99. The monoisotopic (exact) mass is 497 g/mol. The van der Waals surface area contributed by atoms with E-state index < -0.39 is 64.2 Å². The summed E-state index contributed by atoms with van der Waals surface area (Å²) in [5.74, 6) is -7.08. The summed E-state index contributed by atoms with van der Waals surface area (Å²) in [4.78, 5) is 49.9. The number of piperidine rings is 1. The summed E-state index contributed by atoms with van der Waals surface area (Å²) in [5.41, 5.74) is 4.08. The first-order valence-corrected chi connectivity index (χ1v) is 10.4. The van der Waals surface area contributed by atoms with Crippen molar-refractivity contribution >= 4 is 35.2 Å². The molecule has 4 rings (SSSR count). The van der Waals surface area contributed by atoms with Crippen molar-refractivity contribution in [3.8, 4) is 0 Å². The predicted octanol–water partition coefficient (Wildman–Crippen LogP) is 3.23. The van der Waals surface area contributed by atoms with Crippen molar-refractivity contribution in [3.05, 3.63) is 69.5 Å². The van der Waals surface area contributed by atoms with Gasteiger partial charge >= 0.3 is 6.18 Å². The molecular weight excluding hydrogens is 482 g/mol. The van der Waals surface area contributed by atoms with Crippen LogP contribution in [0, 0.1) is 5.82 Å². The summed E-state index contributed by atoms with van der Waals surface area (Å²) < 4.78 is 57.9. The lowest BCUT2D eigenvalue weighted by atomic mass is 9.84. The average Bonchev–Trinajstić information content (AvgIpc) is 3.02. The number of imide groups is 1. The number of rotatable bonds is 4. The van der Waals surface area contributed by atoms with Crippen LogP contribution in [0.5, 0.6) is 0 Å². The van der Waals surface area contributed by atoms with E-state index in [1.165, 1.54) is 6.07 Å². The first kappa shape index (κ1) is 23.7. The molecule has 2 aliphatic heterocycles. The van der Waals surface area contributed by atoms with Gasteiger partial charge in [0.1, 0.15) is 17.8 Å². The molecule has 34 heavy (non-hydrogen) atoms. The molecule has 1 fully saturated rings. The number of fused-ring (bicyclic) bond motifs is 1. The molecule has 0 radical (unpaired) electrons. The quantitative estimate of drug-likeness (QED) is 0.499. The van der Waals surface area contributed by atoms with Crippen molar-refractivity contribution in [1.82, 2.24) is 10.2 Å². The Bertz CT molecular complexity index is 1230. The number of carbonyl (C=O) groups is 4. The van der Waals surface area contributed by atoms with Crippen LogP contribution in [0.4, 0.5) is 17.6 Å². The second-order valence-corrected chi connectivity index (χ2v) is 8.33. The van der Waals surface area contributed by atoms with E-state index in [-0.39, 0.29) is 29.5 Å². The number of alkyl halides is 3. The number of carbonyl (C=O) groups excluding carboxylic acids is 4. The summed E-state index contributed by atoms with van der Waals surface area (Å²) in [6.45, 7) is 0. The molecule has 0 aliphatic carbocycles. The van der Waals surface area contributed by atoms with Gasteiger partial charge in [-0.15, -0.1) is 0 Å². The van der Waals surface area contributed by atoms with Crippen LogP contribution in [0.2, 0.25) is 5.02 Å². The number of nitrogens with two attached hydrogens (primary N) is 1. The molecule has 2 unspecified atom stereocenters. The van der Waals surface area contributed by atoms with E-state index in [0.29, 0.717) is 0 Å². The number of halogens is 5. The van der Waals surface area contributed by atoms with E-state index in [2.05, 4.69) is 0 Å². The average molecular weight is 498 g/mol.